The number of hydrogen-bond acceptors (Lipinski definition) is 10. The molecule has 4 aromatic rings. The van der Waals surface area contributed by atoms with Gasteiger partial charge in [-0.25, -0.2) is 23.4 Å². The maximum Gasteiger partial charge on any atom is 0.408 e. The van der Waals surface area contributed by atoms with Crippen LogP contribution in [0.25, 0.3) is 22.6 Å². The minimum atomic E-state index is -4.40. The van der Waals surface area contributed by atoms with Gasteiger partial charge in [-0.3, -0.25) is 4.68 Å². The van der Waals surface area contributed by atoms with Crippen molar-refractivity contribution in [3.63, 3.8) is 0 Å². The van der Waals surface area contributed by atoms with Crippen LogP contribution >= 0.6 is 0 Å². The Labute approximate surface area is 239 Å². The molecule has 2 saturated carbocycles. The topological polar surface area (TPSA) is 153 Å². The average Bonchev–Trinajstić information content (AvgIpc) is 3.30. The molecular weight excluding hydrogens is 575 g/mol. The van der Waals surface area contributed by atoms with Gasteiger partial charge in [-0.1, -0.05) is 0 Å². The van der Waals surface area contributed by atoms with Gasteiger partial charge in [-0.15, -0.1) is 0 Å². The fourth-order valence-corrected chi connectivity index (χ4v) is 6.39. The summed E-state index contributed by atoms with van der Waals surface area (Å²) in [4.78, 5) is 13.2. The molecule has 12 nitrogen and oxygen atoms in total. The minimum Gasteiger partial charge on any atom is -0.393 e. The van der Waals surface area contributed by atoms with Crippen LogP contribution in [0.15, 0.2) is 49.2 Å². The first-order valence-electron chi connectivity index (χ1n) is 13.5. The first-order chi connectivity index (χ1) is 20.0. The van der Waals surface area contributed by atoms with Crippen molar-refractivity contribution in [2.24, 2.45) is 5.92 Å². The van der Waals surface area contributed by atoms with Crippen molar-refractivity contribution in [3.8, 4) is 22.6 Å². The molecule has 0 aromatic carbocycles. The van der Waals surface area contributed by atoms with Crippen LogP contribution in [0.4, 0.5) is 30.5 Å². The number of anilines is 3. The van der Waals surface area contributed by atoms with Crippen LogP contribution in [-0.4, -0.2) is 71.5 Å². The molecule has 0 saturated heterocycles. The van der Waals surface area contributed by atoms with Crippen molar-refractivity contribution < 1.29 is 26.7 Å². The lowest BCUT2D eigenvalue weighted by Gasteiger charge is -2.16. The fraction of sp³-hybridized carbons (Fsp3) is 0.423. The Morgan fingerprint density at radius 1 is 1.07 bits per heavy atom. The third-order valence-corrected chi connectivity index (χ3v) is 9.23. The van der Waals surface area contributed by atoms with E-state index in [1.165, 1.54) is 37.1 Å². The highest BCUT2D eigenvalue weighted by Gasteiger charge is 2.37. The van der Waals surface area contributed by atoms with Crippen molar-refractivity contribution >= 4 is 27.3 Å². The molecule has 0 amide bonds. The summed E-state index contributed by atoms with van der Waals surface area (Å²) in [6, 6.07) is 4.84. The molecule has 2 fully saturated rings. The standard InChI is InChI=1S/C26H28F3N9O3S/c27-26(28,29)15-37-8-6-21(36-37)20-13-32-24(10-22(20)31-11-16-1-2-18(39)9-16)34-23-5-7-30-25(35-23)17-12-33-38(14-17)42(40,41)19-3-4-19/h5-8,10,12-14,16,18-19,39H,1-4,9,11,15H2,(H2,30,31,32,34,35)/t16-,18+/m0/s1. The average molecular weight is 604 g/mol. The molecule has 0 spiro atoms. The predicted molar refractivity (Wildman–Crippen MR) is 147 cm³/mol. The number of halogens is 3. The number of pyridine rings is 1. The second-order valence-corrected chi connectivity index (χ2v) is 12.6. The van der Waals surface area contributed by atoms with Gasteiger partial charge in [0, 0.05) is 42.5 Å². The van der Waals surface area contributed by atoms with Crippen LogP contribution in [0.3, 0.4) is 0 Å². The zero-order valence-corrected chi connectivity index (χ0v) is 23.1. The summed E-state index contributed by atoms with van der Waals surface area (Å²) in [7, 11) is -3.52. The molecular formula is C26H28F3N9O3S. The third-order valence-electron chi connectivity index (χ3n) is 7.19. The van der Waals surface area contributed by atoms with Crippen molar-refractivity contribution in [3.05, 3.63) is 49.2 Å². The smallest absolute Gasteiger partial charge is 0.393 e. The maximum atomic E-state index is 12.9. The first-order valence-corrected chi connectivity index (χ1v) is 15.0. The molecule has 4 aromatic heterocycles. The van der Waals surface area contributed by atoms with Gasteiger partial charge < -0.3 is 15.7 Å². The molecule has 4 heterocycles. The summed E-state index contributed by atoms with van der Waals surface area (Å²) in [5.74, 6) is 1.30. The van der Waals surface area contributed by atoms with Gasteiger partial charge >= 0.3 is 6.18 Å². The third kappa shape index (κ3) is 6.38. The minimum absolute atomic E-state index is 0.245. The lowest BCUT2D eigenvalue weighted by Crippen LogP contribution is -2.18. The molecule has 2 aliphatic rings. The van der Waals surface area contributed by atoms with Gasteiger partial charge in [0.15, 0.2) is 5.82 Å². The van der Waals surface area contributed by atoms with Gasteiger partial charge in [0.25, 0.3) is 10.0 Å². The number of nitrogens with one attached hydrogen (secondary N) is 2. The van der Waals surface area contributed by atoms with E-state index in [1.807, 2.05) is 0 Å². The predicted octanol–water partition coefficient (Wildman–Crippen LogP) is 3.82. The number of hydrogen-bond donors (Lipinski definition) is 3. The van der Waals surface area contributed by atoms with E-state index in [0.717, 1.165) is 21.6 Å². The zero-order valence-electron chi connectivity index (χ0n) is 22.2. The number of aliphatic hydroxyl groups excluding tert-OH is 1. The van der Waals surface area contributed by atoms with Crippen LogP contribution < -0.4 is 10.6 Å². The molecule has 0 aliphatic heterocycles. The summed E-state index contributed by atoms with van der Waals surface area (Å²) in [6.45, 7) is -0.646. The molecule has 2 atom stereocenters. The quantitative estimate of drug-likeness (QED) is 0.244. The molecule has 0 bridgehead atoms. The molecule has 6 rings (SSSR count). The zero-order chi connectivity index (χ0) is 29.5. The normalized spacial score (nSPS) is 19.2. The van der Waals surface area contributed by atoms with Gasteiger partial charge in [0.05, 0.1) is 35.0 Å². The van der Waals surface area contributed by atoms with E-state index in [0.29, 0.717) is 60.0 Å². The number of aliphatic hydroxyl groups is 1. The Morgan fingerprint density at radius 3 is 2.64 bits per heavy atom. The monoisotopic (exact) mass is 603 g/mol. The molecule has 16 heteroatoms. The number of alkyl halides is 3. The van der Waals surface area contributed by atoms with Gasteiger partial charge in [-0.05, 0) is 50.2 Å². The van der Waals surface area contributed by atoms with Crippen LogP contribution in [0.1, 0.15) is 32.1 Å². The maximum absolute atomic E-state index is 12.9. The molecule has 222 valence electrons. The Balaban J connectivity index is 1.24. The van der Waals surface area contributed by atoms with Crippen molar-refractivity contribution in [2.75, 3.05) is 17.2 Å². The second-order valence-electron chi connectivity index (χ2n) is 10.6. The molecule has 2 aliphatic carbocycles. The second kappa shape index (κ2) is 11.0. The molecule has 3 N–H and O–H groups in total. The van der Waals surface area contributed by atoms with E-state index in [9.17, 15) is 26.7 Å². The summed E-state index contributed by atoms with van der Waals surface area (Å²) in [5, 5.41) is 24.1. The summed E-state index contributed by atoms with van der Waals surface area (Å²) < 4.78 is 65.4. The summed E-state index contributed by atoms with van der Waals surface area (Å²) in [5.41, 5.74) is 1.89. The highest BCUT2D eigenvalue weighted by Crippen LogP contribution is 2.33. The van der Waals surface area contributed by atoms with Crippen LogP contribution in [0.5, 0.6) is 0 Å². The highest BCUT2D eigenvalue weighted by molar-refractivity contribution is 7.90. The number of aromatic nitrogens is 7. The first kappa shape index (κ1) is 28.1. The lowest BCUT2D eigenvalue weighted by atomic mass is 10.1. The fourth-order valence-electron chi connectivity index (χ4n) is 4.92. The SMILES string of the molecule is O=S(=O)(C1CC1)n1cc(-c2nccc(Nc3cc(NC[C@H]4CC[C@@H](O)C4)c(-c4ccn(CC(F)(F)F)n4)cn3)n2)cn1. The van der Waals surface area contributed by atoms with Gasteiger partial charge in [0.1, 0.15) is 18.2 Å². The van der Waals surface area contributed by atoms with Crippen molar-refractivity contribution in [1.82, 2.24) is 33.9 Å². The number of nitrogens with zero attached hydrogens (tertiary/aromatic N) is 7. The molecule has 0 radical (unpaired) electrons. The van der Waals surface area contributed by atoms with Crippen LogP contribution in [0.2, 0.25) is 0 Å². The Morgan fingerprint density at radius 2 is 1.90 bits per heavy atom. The highest BCUT2D eigenvalue weighted by atomic mass is 32.2. The largest absolute Gasteiger partial charge is 0.408 e. The molecule has 42 heavy (non-hydrogen) atoms. The molecule has 0 unspecified atom stereocenters. The lowest BCUT2D eigenvalue weighted by molar-refractivity contribution is -0.142. The van der Waals surface area contributed by atoms with E-state index in [2.05, 4.69) is 35.8 Å². The van der Waals surface area contributed by atoms with Gasteiger partial charge in [-0.2, -0.15) is 27.5 Å². The van der Waals surface area contributed by atoms with E-state index in [-0.39, 0.29) is 17.8 Å². The van der Waals surface area contributed by atoms with E-state index < -0.39 is 28.0 Å². The van der Waals surface area contributed by atoms with E-state index >= 15 is 0 Å². The van der Waals surface area contributed by atoms with E-state index in [1.54, 1.807) is 12.1 Å². The Bertz CT molecular complexity index is 1690. The summed E-state index contributed by atoms with van der Waals surface area (Å²) in [6.07, 6.45) is 5.85. The van der Waals surface area contributed by atoms with Crippen LogP contribution in [-0.2, 0) is 16.6 Å². The van der Waals surface area contributed by atoms with Crippen molar-refractivity contribution in [1.29, 1.82) is 0 Å². The Hall–Kier alpha value is -4.05. The summed E-state index contributed by atoms with van der Waals surface area (Å²) >= 11 is 0. The number of rotatable bonds is 10. The van der Waals surface area contributed by atoms with Crippen molar-refractivity contribution in [2.45, 2.75) is 56.2 Å². The van der Waals surface area contributed by atoms with E-state index in [4.69, 9.17) is 0 Å². The van der Waals surface area contributed by atoms with Crippen LogP contribution in [0, 0.1) is 5.92 Å². The Kier molecular flexibility index (Phi) is 7.34. The van der Waals surface area contributed by atoms with Gasteiger partial charge in [0.2, 0.25) is 0 Å².